The third kappa shape index (κ3) is 3.48. The van der Waals surface area contributed by atoms with E-state index in [-0.39, 0.29) is 0 Å². The molecule has 2 fully saturated rings. The number of aromatic amines is 1. The van der Waals surface area contributed by atoms with E-state index in [0.717, 1.165) is 54.8 Å². The van der Waals surface area contributed by atoms with Crippen molar-refractivity contribution >= 4 is 28.5 Å². The van der Waals surface area contributed by atoms with Crippen LogP contribution in [0.1, 0.15) is 19.3 Å². The smallest absolute Gasteiger partial charge is 0.223 e. The van der Waals surface area contributed by atoms with Crippen LogP contribution in [0.2, 0.25) is 5.02 Å². The van der Waals surface area contributed by atoms with Crippen LogP contribution in [0.5, 0.6) is 0 Å². The number of benzene rings is 1. The van der Waals surface area contributed by atoms with Gasteiger partial charge in [-0.1, -0.05) is 29.8 Å². The van der Waals surface area contributed by atoms with Gasteiger partial charge in [-0.05, 0) is 31.9 Å². The fourth-order valence-corrected chi connectivity index (χ4v) is 4.65. The fourth-order valence-electron chi connectivity index (χ4n) is 4.46. The molecular weight excluding hydrogens is 372 g/mol. The summed E-state index contributed by atoms with van der Waals surface area (Å²) >= 11 is 6.45. The molecule has 4 heterocycles. The van der Waals surface area contributed by atoms with Crippen molar-refractivity contribution in [3.8, 4) is 11.3 Å². The summed E-state index contributed by atoms with van der Waals surface area (Å²) in [6, 6.07) is 9.22. The molecule has 3 N–H and O–H groups in total. The van der Waals surface area contributed by atoms with E-state index in [9.17, 15) is 0 Å². The molecule has 146 valence electrons. The number of anilines is 1. The minimum absolute atomic E-state index is 0.374. The van der Waals surface area contributed by atoms with Gasteiger partial charge in [-0.2, -0.15) is 0 Å². The first-order valence-corrected chi connectivity index (χ1v) is 10.5. The molecule has 1 unspecified atom stereocenters. The van der Waals surface area contributed by atoms with Crippen LogP contribution in [-0.4, -0.2) is 58.1 Å². The van der Waals surface area contributed by atoms with Gasteiger partial charge < -0.3 is 15.6 Å². The number of H-pyrrole nitrogens is 1. The summed E-state index contributed by atoms with van der Waals surface area (Å²) in [5.74, 6) is 0.651. The lowest BCUT2D eigenvalue weighted by Crippen LogP contribution is -2.45. The first kappa shape index (κ1) is 17.9. The lowest BCUT2D eigenvalue weighted by atomic mass is 10.1. The van der Waals surface area contributed by atoms with Crippen LogP contribution in [0, 0.1) is 0 Å². The van der Waals surface area contributed by atoms with E-state index in [1.54, 1.807) is 6.20 Å². The Kier molecular flexibility index (Phi) is 4.93. The van der Waals surface area contributed by atoms with Gasteiger partial charge in [-0.3, -0.25) is 4.90 Å². The summed E-state index contributed by atoms with van der Waals surface area (Å²) in [5.41, 5.74) is 2.85. The monoisotopic (exact) mass is 396 g/mol. The second-order valence-electron chi connectivity index (χ2n) is 7.76. The second kappa shape index (κ2) is 7.70. The van der Waals surface area contributed by atoms with E-state index in [1.165, 1.54) is 12.8 Å². The summed E-state index contributed by atoms with van der Waals surface area (Å²) in [5, 5.41) is 8.73. The Bertz CT molecular complexity index is 964. The number of likely N-dealkylation sites (tertiary alicyclic amines) is 1. The second-order valence-corrected chi connectivity index (χ2v) is 8.17. The van der Waals surface area contributed by atoms with E-state index >= 15 is 0 Å². The highest BCUT2D eigenvalue weighted by Crippen LogP contribution is 2.32. The first-order chi connectivity index (χ1) is 13.8. The van der Waals surface area contributed by atoms with Gasteiger partial charge >= 0.3 is 0 Å². The fraction of sp³-hybridized carbons (Fsp3) is 0.429. The van der Waals surface area contributed by atoms with Crippen LogP contribution in [0.25, 0.3) is 22.2 Å². The van der Waals surface area contributed by atoms with Crippen LogP contribution in [0.15, 0.2) is 36.7 Å². The summed E-state index contributed by atoms with van der Waals surface area (Å²) in [6.07, 6.45) is 7.35. The van der Waals surface area contributed by atoms with Gasteiger partial charge in [-0.15, -0.1) is 0 Å². The van der Waals surface area contributed by atoms with E-state index in [1.807, 2.05) is 18.3 Å². The maximum atomic E-state index is 6.45. The number of aromatic nitrogens is 3. The number of rotatable bonds is 4. The van der Waals surface area contributed by atoms with E-state index in [2.05, 4.69) is 37.6 Å². The van der Waals surface area contributed by atoms with Gasteiger partial charge in [0, 0.05) is 54.4 Å². The normalized spacial score (nSPS) is 23.3. The van der Waals surface area contributed by atoms with Crippen LogP contribution in [0.4, 0.5) is 5.95 Å². The topological polar surface area (TPSA) is 68.9 Å². The number of nitrogens with zero attached hydrogens (tertiary/aromatic N) is 3. The van der Waals surface area contributed by atoms with Gasteiger partial charge in [0.1, 0.15) is 0 Å². The molecule has 0 amide bonds. The summed E-state index contributed by atoms with van der Waals surface area (Å²) in [6.45, 7) is 4.43. The molecule has 2 saturated heterocycles. The average Bonchev–Trinajstić information content (AvgIpc) is 3.37. The lowest BCUT2D eigenvalue weighted by molar-refractivity contribution is 0.201. The molecule has 28 heavy (non-hydrogen) atoms. The molecule has 3 aromatic rings. The molecule has 2 atom stereocenters. The van der Waals surface area contributed by atoms with Crippen LogP contribution in [-0.2, 0) is 0 Å². The average molecular weight is 397 g/mol. The van der Waals surface area contributed by atoms with Gasteiger partial charge in [0.05, 0.1) is 16.9 Å². The Morgan fingerprint density at radius 1 is 1.21 bits per heavy atom. The van der Waals surface area contributed by atoms with Crippen molar-refractivity contribution in [2.45, 2.75) is 31.3 Å². The van der Waals surface area contributed by atoms with Crippen molar-refractivity contribution in [3.63, 3.8) is 0 Å². The summed E-state index contributed by atoms with van der Waals surface area (Å²) < 4.78 is 0. The molecule has 0 bridgehead atoms. The highest BCUT2D eigenvalue weighted by atomic mass is 35.5. The van der Waals surface area contributed by atoms with Crippen LogP contribution < -0.4 is 10.6 Å². The third-order valence-corrected chi connectivity index (χ3v) is 6.21. The molecule has 2 aromatic heterocycles. The van der Waals surface area contributed by atoms with Crippen molar-refractivity contribution in [2.24, 2.45) is 0 Å². The maximum absolute atomic E-state index is 6.45. The molecule has 1 aromatic carbocycles. The van der Waals surface area contributed by atoms with Crippen LogP contribution >= 0.6 is 11.6 Å². The number of halogens is 1. The number of hydrogen-bond acceptors (Lipinski definition) is 5. The Labute approximate surface area is 169 Å². The molecule has 0 spiro atoms. The van der Waals surface area contributed by atoms with Gasteiger partial charge in [0.25, 0.3) is 0 Å². The van der Waals surface area contributed by atoms with E-state index < -0.39 is 0 Å². The van der Waals surface area contributed by atoms with Crippen LogP contribution in [0.3, 0.4) is 0 Å². The van der Waals surface area contributed by atoms with Crippen molar-refractivity contribution < 1.29 is 0 Å². The number of hydrogen-bond donors (Lipinski definition) is 3. The Balaban J connectivity index is 1.34. The number of nitrogens with one attached hydrogen (secondary N) is 3. The molecule has 2 aliphatic heterocycles. The first-order valence-electron chi connectivity index (χ1n) is 10.1. The molecule has 7 heteroatoms. The van der Waals surface area contributed by atoms with Gasteiger partial charge in [-0.25, -0.2) is 9.97 Å². The van der Waals surface area contributed by atoms with E-state index in [0.29, 0.717) is 23.1 Å². The quantitative estimate of drug-likeness (QED) is 0.629. The number of para-hydroxylation sites is 1. The predicted octanol–water partition coefficient (Wildman–Crippen LogP) is 3.52. The van der Waals surface area contributed by atoms with Gasteiger partial charge in [0.15, 0.2) is 0 Å². The zero-order chi connectivity index (χ0) is 18.9. The van der Waals surface area contributed by atoms with Crippen molar-refractivity contribution in [1.82, 2.24) is 25.2 Å². The summed E-state index contributed by atoms with van der Waals surface area (Å²) in [4.78, 5) is 15.1. The lowest BCUT2D eigenvalue weighted by Gasteiger charge is -2.31. The highest BCUT2D eigenvalue weighted by Gasteiger charge is 2.29. The van der Waals surface area contributed by atoms with Crippen molar-refractivity contribution in [1.29, 1.82) is 0 Å². The minimum Gasteiger partial charge on any atom is -0.360 e. The molecule has 2 aliphatic rings. The Morgan fingerprint density at radius 2 is 2.14 bits per heavy atom. The largest absolute Gasteiger partial charge is 0.360 e. The molecule has 0 saturated carbocycles. The Hall–Kier alpha value is -2.15. The van der Waals surface area contributed by atoms with Crippen molar-refractivity contribution in [3.05, 3.63) is 41.7 Å². The predicted molar refractivity (Wildman–Crippen MR) is 114 cm³/mol. The molecule has 0 radical (unpaired) electrons. The van der Waals surface area contributed by atoms with Crippen molar-refractivity contribution in [2.75, 3.05) is 31.5 Å². The minimum atomic E-state index is 0.374. The zero-order valence-corrected chi connectivity index (χ0v) is 16.5. The number of fused-ring (bicyclic) bond motifs is 1. The standard InChI is InChI=1S/C21H25ClN6/c22-18-12-25-21(26-14-7-9-28(13-14)15-4-3-8-23-10-15)27-20(18)17-11-24-19-6-2-1-5-16(17)19/h1-2,5-6,11-12,14-15,23-24H,3-4,7-10,13H2,(H,25,26,27)/t14-,15?/m1/s1. The molecule has 5 rings (SSSR count). The number of piperidine rings is 1. The molecular formula is C21H25ClN6. The highest BCUT2D eigenvalue weighted by molar-refractivity contribution is 6.33. The maximum Gasteiger partial charge on any atom is 0.223 e. The van der Waals surface area contributed by atoms with Gasteiger partial charge in [0.2, 0.25) is 5.95 Å². The molecule has 6 nitrogen and oxygen atoms in total. The zero-order valence-electron chi connectivity index (χ0n) is 15.8. The third-order valence-electron chi connectivity index (χ3n) is 5.93. The Morgan fingerprint density at radius 3 is 3.04 bits per heavy atom. The molecule has 0 aliphatic carbocycles. The summed E-state index contributed by atoms with van der Waals surface area (Å²) in [7, 11) is 0. The van der Waals surface area contributed by atoms with E-state index in [4.69, 9.17) is 16.6 Å². The SMILES string of the molecule is Clc1cnc(N[C@@H]2CCN(C3CCCNC3)C2)nc1-c1c[nH]c2ccccc12.